The molecule has 0 radical (unpaired) electrons. The number of aromatic nitrogens is 4. The van der Waals surface area contributed by atoms with Crippen molar-refractivity contribution in [2.75, 3.05) is 5.73 Å². The van der Waals surface area contributed by atoms with Gasteiger partial charge in [-0.05, 0) is 52.4 Å². The summed E-state index contributed by atoms with van der Waals surface area (Å²) in [4.78, 5) is 0. The van der Waals surface area contributed by atoms with Gasteiger partial charge >= 0.3 is 0 Å². The number of hydrogen-bond acceptors (Lipinski definition) is 4. The molecule has 0 amide bonds. The molecule has 3 rings (SSSR count). The number of halogens is 1. The smallest absolute Gasteiger partial charge is 0.182 e. The number of nitrogen functional groups attached to an aromatic ring is 1. The summed E-state index contributed by atoms with van der Waals surface area (Å²) >= 11 is 3.42. The fraction of sp³-hybridized carbons (Fsp3) is 0.0714. The fourth-order valence-electron chi connectivity index (χ4n) is 1.91. The first-order valence-electron chi connectivity index (χ1n) is 6.09. The van der Waals surface area contributed by atoms with Gasteiger partial charge in [-0.25, -0.2) is 4.68 Å². The average molecular weight is 330 g/mol. The highest BCUT2D eigenvalue weighted by molar-refractivity contribution is 9.10. The van der Waals surface area contributed by atoms with Crippen LogP contribution in [0.3, 0.4) is 0 Å². The van der Waals surface area contributed by atoms with Gasteiger partial charge in [0.05, 0.1) is 6.54 Å². The molecule has 0 bridgehead atoms. The molecular formula is C14H12BrN5. The summed E-state index contributed by atoms with van der Waals surface area (Å²) in [6.45, 7) is 0.625. The van der Waals surface area contributed by atoms with E-state index in [1.807, 2.05) is 48.5 Å². The van der Waals surface area contributed by atoms with Gasteiger partial charge < -0.3 is 5.73 Å². The molecule has 100 valence electrons. The molecule has 2 N–H and O–H groups in total. The minimum atomic E-state index is 0.625. The van der Waals surface area contributed by atoms with Crippen LogP contribution in [0.5, 0.6) is 0 Å². The van der Waals surface area contributed by atoms with E-state index >= 15 is 0 Å². The normalized spacial score (nSPS) is 10.7. The second kappa shape index (κ2) is 5.42. The van der Waals surface area contributed by atoms with Crippen molar-refractivity contribution in [1.82, 2.24) is 20.2 Å². The van der Waals surface area contributed by atoms with Crippen LogP contribution in [0.4, 0.5) is 5.69 Å². The second-order valence-corrected chi connectivity index (χ2v) is 5.32. The van der Waals surface area contributed by atoms with Crippen LogP contribution in [0.2, 0.25) is 0 Å². The van der Waals surface area contributed by atoms with Gasteiger partial charge in [-0.3, -0.25) is 0 Å². The van der Waals surface area contributed by atoms with Gasteiger partial charge in [0.1, 0.15) is 0 Å². The van der Waals surface area contributed by atoms with E-state index in [0.717, 1.165) is 27.1 Å². The lowest BCUT2D eigenvalue weighted by Crippen LogP contribution is -2.04. The minimum absolute atomic E-state index is 0.625. The largest absolute Gasteiger partial charge is 0.399 e. The Morgan fingerprint density at radius 3 is 2.40 bits per heavy atom. The summed E-state index contributed by atoms with van der Waals surface area (Å²) in [6.07, 6.45) is 0. The molecule has 20 heavy (non-hydrogen) atoms. The van der Waals surface area contributed by atoms with Crippen LogP contribution in [0.1, 0.15) is 5.56 Å². The van der Waals surface area contributed by atoms with Gasteiger partial charge in [0, 0.05) is 15.7 Å². The Morgan fingerprint density at radius 2 is 1.70 bits per heavy atom. The molecule has 0 saturated carbocycles. The van der Waals surface area contributed by atoms with E-state index in [1.54, 1.807) is 4.68 Å². The highest BCUT2D eigenvalue weighted by Gasteiger charge is 2.09. The van der Waals surface area contributed by atoms with Crippen molar-refractivity contribution in [3.05, 3.63) is 58.6 Å². The molecule has 0 atom stereocenters. The van der Waals surface area contributed by atoms with E-state index in [9.17, 15) is 0 Å². The summed E-state index contributed by atoms with van der Waals surface area (Å²) < 4.78 is 2.83. The molecule has 1 heterocycles. The standard InChI is InChI=1S/C14H12BrN5/c15-12-5-1-10(2-6-12)9-20-14(17-18-19-20)11-3-7-13(16)8-4-11/h1-8H,9,16H2. The summed E-state index contributed by atoms with van der Waals surface area (Å²) in [5, 5.41) is 11.9. The molecule has 6 heteroatoms. The summed E-state index contributed by atoms with van der Waals surface area (Å²) in [5.41, 5.74) is 8.50. The number of anilines is 1. The Kier molecular flexibility index (Phi) is 3.47. The zero-order valence-corrected chi connectivity index (χ0v) is 12.2. The third-order valence-corrected chi connectivity index (χ3v) is 3.48. The molecule has 0 spiro atoms. The van der Waals surface area contributed by atoms with Crippen LogP contribution in [0, 0.1) is 0 Å². The number of nitrogens with zero attached hydrogens (tertiary/aromatic N) is 4. The molecule has 3 aromatic rings. The number of benzene rings is 2. The maximum absolute atomic E-state index is 5.69. The molecule has 1 aromatic heterocycles. The molecule has 0 aliphatic rings. The molecule has 0 saturated heterocycles. The Hall–Kier alpha value is -2.21. The quantitative estimate of drug-likeness (QED) is 0.750. The lowest BCUT2D eigenvalue weighted by molar-refractivity contribution is 0.653. The molecular weight excluding hydrogens is 318 g/mol. The van der Waals surface area contributed by atoms with Gasteiger partial charge in [0.25, 0.3) is 0 Å². The Labute approximate surface area is 124 Å². The summed E-state index contributed by atoms with van der Waals surface area (Å²) in [5.74, 6) is 0.730. The van der Waals surface area contributed by atoms with E-state index < -0.39 is 0 Å². The van der Waals surface area contributed by atoms with Crippen LogP contribution >= 0.6 is 15.9 Å². The molecule has 2 aromatic carbocycles. The molecule has 0 fully saturated rings. The highest BCUT2D eigenvalue weighted by Crippen LogP contribution is 2.18. The number of rotatable bonds is 3. The van der Waals surface area contributed by atoms with Crippen molar-refractivity contribution in [2.45, 2.75) is 6.54 Å². The third-order valence-electron chi connectivity index (χ3n) is 2.95. The summed E-state index contributed by atoms with van der Waals surface area (Å²) in [7, 11) is 0. The van der Waals surface area contributed by atoms with Gasteiger partial charge in [0.15, 0.2) is 5.82 Å². The number of nitrogens with two attached hydrogens (primary N) is 1. The molecule has 0 aliphatic carbocycles. The van der Waals surface area contributed by atoms with Crippen molar-refractivity contribution in [2.24, 2.45) is 0 Å². The Bertz CT molecular complexity index is 703. The van der Waals surface area contributed by atoms with Crippen LogP contribution in [-0.4, -0.2) is 20.2 Å². The first kappa shape index (κ1) is 12.8. The van der Waals surface area contributed by atoms with E-state index in [2.05, 4.69) is 31.5 Å². The first-order valence-corrected chi connectivity index (χ1v) is 6.88. The van der Waals surface area contributed by atoms with Crippen molar-refractivity contribution in [3.8, 4) is 11.4 Å². The Morgan fingerprint density at radius 1 is 1.00 bits per heavy atom. The topological polar surface area (TPSA) is 69.6 Å². The molecule has 0 aliphatic heterocycles. The van der Waals surface area contributed by atoms with Crippen LogP contribution < -0.4 is 5.73 Å². The highest BCUT2D eigenvalue weighted by atomic mass is 79.9. The minimum Gasteiger partial charge on any atom is -0.399 e. The maximum atomic E-state index is 5.69. The van der Waals surface area contributed by atoms with Crippen LogP contribution in [0.15, 0.2) is 53.0 Å². The predicted octanol–water partition coefficient (Wildman–Crippen LogP) is 2.73. The van der Waals surface area contributed by atoms with Gasteiger partial charge in [-0.2, -0.15) is 0 Å². The SMILES string of the molecule is Nc1ccc(-c2nnnn2Cc2ccc(Br)cc2)cc1. The zero-order chi connectivity index (χ0) is 13.9. The van der Waals surface area contributed by atoms with Crippen LogP contribution in [-0.2, 0) is 6.54 Å². The van der Waals surface area contributed by atoms with Gasteiger partial charge in [-0.1, -0.05) is 28.1 Å². The third kappa shape index (κ3) is 2.70. The van der Waals surface area contributed by atoms with Crippen molar-refractivity contribution in [3.63, 3.8) is 0 Å². The van der Waals surface area contributed by atoms with Crippen molar-refractivity contribution >= 4 is 21.6 Å². The number of tetrazole rings is 1. The zero-order valence-electron chi connectivity index (χ0n) is 10.6. The lowest BCUT2D eigenvalue weighted by atomic mass is 10.2. The van der Waals surface area contributed by atoms with E-state index in [-0.39, 0.29) is 0 Å². The van der Waals surface area contributed by atoms with Crippen LogP contribution in [0.25, 0.3) is 11.4 Å². The van der Waals surface area contributed by atoms with E-state index in [1.165, 1.54) is 0 Å². The monoisotopic (exact) mass is 329 g/mol. The van der Waals surface area contributed by atoms with E-state index in [0.29, 0.717) is 6.54 Å². The van der Waals surface area contributed by atoms with Gasteiger partial charge in [0.2, 0.25) is 0 Å². The average Bonchev–Trinajstić information content (AvgIpc) is 2.90. The van der Waals surface area contributed by atoms with Crippen molar-refractivity contribution < 1.29 is 0 Å². The van der Waals surface area contributed by atoms with Crippen molar-refractivity contribution in [1.29, 1.82) is 0 Å². The fourth-order valence-corrected chi connectivity index (χ4v) is 2.18. The Balaban J connectivity index is 1.90. The molecule has 5 nitrogen and oxygen atoms in total. The summed E-state index contributed by atoms with van der Waals surface area (Å²) in [6, 6.07) is 15.6. The number of hydrogen-bond donors (Lipinski definition) is 1. The molecule has 0 unspecified atom stereocenters. The predicted molar refractivity (Wildman–Crippen MR) is 80.9 cm³/mol. The first-order chi connectivity index (χ1) is 9.72. The maximum Gasteiger partial charge on any atom is 0.182 e. The lowest BCUT2D eigenvalue weighted by Gasteiger charge is -2.05. The van der Waals surface area contributed by atoms with E-state index in [4.69, 9.17) is 5.73 Å². The van der Waals surface area contributed by atoms with Gasteiger partial charge in [-0.15, -0.1) is 5.10 Å². The second-order valence-electron chi connectivity index (χ2n) is 4.41.